The molecule has 0 aliphatic heterocycles. The Labute approximate surface area is 185 Å². The highest BCUT2D eigenvalue weighted by Crippen LogP contribution is 2.33. The third kappa shape index (κ3) is 5.70. The van der Waals surface area contributed by atoms with E-state index in [-0.39, 0.29) is 11.9 Å². The minimum absolute atomic E-state index is 0.221. The lowest BCUT2D eigenvalue weighted by Gasteiger charge is -2.30. The van der Waals surface area contributed by atoms with Crippen molar-refractivity contribution in [1.82, 2.24) is 5.32 Å². The molecule has 0 aliphatic rings. The average molecular weight is 449 g/mol. The summed E-state index contributed by atoms with van der Waals surface area (Å²) in [5.74, 6) is 0.464. The van der Waals surface area contributed by atoms with Crippen LogP contribution in [0, 0.1) is 13.8 Å². The average Bonchev–Trinajstić information content (AvgIpc) is 2.72. The quantitative estimate of drug-likeness (QED) is 0.632. The number of hydrogen-bond donors (Lipinski definition) is 1. The van der Waals surface area contributed by atoms with Crippen LogP contribution >= 0.6 is 0 Å². The number of hydrogen-bond acceptors (Lipinski definition) is 5. The maximum absolute atomic E-state index is 13.1. The van der Waals surface area contributed by atoms with Gasteiger partial charge in [0.2, 0.25) is 15.9 Å². The first-order valence-electron chi connectivity index (χ1n) is 10.1. The lowest BCUT2D eigenvalue weighted by Crippen LogP contribution is -2.48. The first kappa shape index (κ1) is 24.5. The second-order valence-electron chi connectivity index (χ2n) is 7.59. The number of sulfonamides is 1. The van der Waals surface area contributed by atoms with Crippen LogP contribution in [0.5, 0.6) is 11.5 Å². The van der Waals surface area contributed by atoms with Crippen LogP contribution in [-0.2, 0) is 14.8 Å². The van der Waals surface area contributed by atoms with Gasteiger partial charge in [0, 0.05) is 6.07 Å². The minimum atomic E-state index is -3.75. The molecule has 0 aliphatic carbocycles. The highest BCUT2D eigenvalue weighted by Gasteiger charge is 2.31. The zero-order valence-corrected chi connectivity index (χ0v) is 20.0. The molecule has 0 heterocycles. The van der Waals surface area contributed by atoms with Crippen molar-refractivity contribution in [2.45, 2.75) is 46.2 Å². The van der Waals surface area contributed by atoms with E-state index in [2.05, 4.69) is 11.4 Å². The Morgan fingerprint density at radius 3 is 2.19 bits per heavy atom. The smallest absolute Gasteiger partial charge is 0.244 e. The second-order valence-corrected chi connectivity index (χ2v) is 9.45. The van der Waals surface area contributed by atoms with Crippen LogP contribution in [0.2, 0.25) is 0 Å². The van der Waals surface area contributed by atoms with E-state index in [4.69, 9.17) is 9.47 Å². The number of carbonyl (C=O) groups is 1. The fourth-order valence-corrected chi connectivity index (χ4v) is 4.63. The number of benzene rings is 2. The molecule has 170 valence electrons. The highest BCUT2D eigenvalue weighted by molar-refractivity contribution is 7.92. The predicted molar refractivity (Wildman–Crippen MR) is 123 cm³/mol. The van der Waals surface area contributed by atoms with E-state index in [0.29, 0.717) is 23.6 Å². The van der Waals surface area contributed by atoms with Gasteiger partial charge >= 0.3 is 0 Å². The molecule has 0 bridgehead atoms. The molecule has 2 rings (SSSR count). The third-order valence-electron chi connectivity index (χ3n) is 5.37. The summed E-state index contributed by atoms with van der Waals surface area (Å²) in [7, 11) is -0.780. The van der Waals surface area contributed by atoms with E-state index < -0.39 is 16.1 Å². The summed E-state index contributed by atoms with van der Waals surface area (Å²) >= 11 is 0. The summed E-state index contributed by atoms with van der Waals surface area (Å²) in [6.07, 6.45) is 1.75. The van der Waals surface area contributed by atoms with Gasteiger partial charge in [-0.3, -0.25) is 9.10 Å². The molecule has 1 N–H and O–H groups in total. The molecule has 0 radical (unpaired) electrons. The van der Waals surface area contributed by atoms with Crippen LogP contribution in [0.15, 0.2) is 36.4 Å². The molecule has 0 aromatic heterocycles. The van der Waals surface area contributed by atoms with E-state index in [1.54, 1.807) is 25.1 Å². The van der Waals surface area contributed by atoms with E-state index in [9.17, 15) is 13.2 Å². The molecule has 31 heavy (non-hydrogen) atoms. The Hall–Kier alpha value is -2.74. The van der Waals surface area contributed by atoms with Crippen molar-refractivity contribution in [2.75, 3.05) is 24.8 Å². The van der Waals surface area contributed by atoms with Gasteiger partial charge in [-0.25, -0.2) is 8.42 Å². The SMILES string of the molecule is CC[C@@H](NC(=O)[C@H](C)N(c1ccc(OC)c(OC)c1)S(C)(=O)=O)c1ccc(C)c(C)c1. The van der Waals surface area contributed by atoms with Crippen LogP contribution in [-0.4, -0.2) is 40.8 Å². The molecule has 2 aromatic carbocycles. The molecular formula is C23H32N2O5S. The number of nitrogens with one attached hydrogen (secondary N) is 1. The van der Waals surface area contributed by atoms with Crippen molar-refractivity contribution in [3.63, 3.8) is 0 Å². The second kappa shape index (κ2) is 10.0. The van der Waals surface area contributed by atoms with E-state index in [1.165, 1.54) is 19.8 Å². The topological polar surface area (TPSA) is 84.9 Å². The Balaban J connectivity index is 2.35. The van der Waals surface area contributed by atoms with Crippen molar-refractivity contribution in [2.24, 2.45) is 0 Å². The van der Waals surface area contributed by atoms with Crippen LogP contribution in [0.4, 0.5) is 5.69 Å². The summed E-state index contributed by atoms with van der Waals surface area (Å²) < 4.78 is 36.8. The number of amides is 1. The van der Waals surface area contributed by atoms with Crippen molar-refractivity contribution in [3.05, 3.63) is 53.1 Å². The molecule has 0 fully saturated rings. The Kier molecular flexibility index (Phi) is 7.95. The van der Waals surface area contributed by atoms with Gasteiger partial charge in [0.05, 0.1) is 32.2 Å². The first-order valence-corrected chi connectivity index (χ1v) is 12.0. The third-order valence-corrected chi connectivity index (χ3v) is 6.61. The number of ether oxygens (including phenoxy) is 2. The van der Waals surface area contributed by atoms with Crippen LogP contribution in [0.3, 0.4) is 0 Å². The molecule has 7 nitrogen and oxygen atoms in total. The van der Waals surface area contributed by atoms with Crippen LogP contribution in [0.1, 0.15) is 43.0 Å². The zero-order valence-electron chi connectivity index (χ0n) is 19.2. The number of aryl methyl sites for hydroxylation is 2. The monoisotopic (exact) mass is 448 g/mol. The van der Waals surface area contributed by atoms with Gasteiger partial charge in [0.25, 0.3) is 0 Å². The molecule has 1 amide bonds. The lowest BCUT2D eigenvalue weighted by molar-refractivity contribution is -0.122. The van der Waals surface area contributed by atoms with Crippen molar-refractivity contribution >= 4 is 21.6 Å². The van der Waals surface area contributed by atoms with E-state index in [0.717, 1.165) is 21.7 Å². The predicted octanol–water partition coefficient (Wildman–Crippen LogP) is 3.74. The maximum Gasteiger partial charge on any atom is 0.244 e. The summed E-state index contributed by atoms with van der Waals surface area (Å²) in [6.45, 7) is 7.61. The van der Waals surface area contributed by atoms with E-state index in [1.807, 2.05) is 32.9 Å². The van der Waals surface area contributed by atoms with Gasteiger partial charge in [-0.1, -0.05) is 25.1 Å². The van der Waals surface area contributed by atoms with E-state index >= 15 is 0 Å². The normalized spacial score (nSPS) is 13.3. The molecular weight excluding hydrogens is 416 g/mol. The first-order chi connectivity index (χ1) is 14.5. The molecule has 0 saturated carbocycles. The summed E-state index contributed by atoms with van der Waals surface area (Å²) in [6, 6.07) is 9.63. The fourth-order valence-electron chi connectivity index (χ4n) is 3.47. The lowest BCUT2D eigenvalue weighted by atomic mass is 9.99. The van der Waals surface area contributed by atoms with Crippen molar-refractivity contribution in [1.29, 1.82) is 0 Å². The molecule has 2 aromatic rings. The molecule has 0 unspecified atom stereocenters. The van der Waals surface area contributed by atoms with Gasteiger partial charge in [-0.15, -0.1) is 0 Å². The Bertz CT molecular complexity index is 1040. The minimum Gasteiger partial charge on any atom is -0.493 e. The molecule has 0 saturated heterocycles. The van der Waals surface area contributed by atoms with Gasteiger partial charge in [0.1, 0.15) is 6.04 Å². The van der Waals surface area contributed by atoms with Gasteiger partial charge < -0.3 is 14.8 Å². The Morgan fingerprint density at radius 1 is 1.03 bits per heavy atom. The number of carbonyl (C=O) groups excluding carboxylic acids is 1. The molecule has 0 spiro atoms. The zero-order chi connectivity index (χ0) is 23.3. The number of methoxy groups -OCH3 is 2. The van der Waals surface area contributed by atoms with Crippen LogP contribution in [0.25, 0.3) is 0 Å². The number of nitrogens with zero attached hydrogens (tertiary/aromatic N) is 1. The van der Waals surface area contributed by atoms with Gasteiger partial charge in [-0.05, 0) is 56.0 Å². The standard InChI is InChI=1S/C23H32N2O5S/c1-8-20(18-10-9-15(2)16(3)13-18)24-23(26)17(4)25(31(7,27)28)19-11-12-21(29-5)22(14-19)30-6/h9-14,17,20H,8H2,1-7H3,(H,24,26)/t17-,20+/m0/s1. The van der Waals surface area contributed by atoms with Gasteiger partial charge in [0.15, 0.2) is 11.5 Å². The fraction of sp³-hybridized carbons (Fsp3) is 0.435. The summed E-state index contributed by atoms with van der Waals surface area (Å²) in [5.41, 5.74) is 3.63. The number of rotatable bonds is 9. The number of anilines is 1. The van der Waals surface area contributed by atoms with Gasteiger partial charge in [-0.2, -0.15) is 0 Å². The summed E-state index contributed by atoms with van der Waals surface area (Å²) in [4.78, 5) is 13.1. The van der Waals surface area contributed by atoms with Crippen molar-refractivity contribution in [3.8, 4) is 11.5 Å². The highest BCUT2D eigenvalue weighted by atomic mass is 32.2. The van der Waals surface area contributed by atoms with Crippen LogP contribution < -0.4 is 19.1 Å². The molecule has 2 atom stereocenters. The summed E-state index contributed by atoms with van der Waals surface area (Å²) in [5, 5.41) is 3.00. The van der Waals surface area contributed by atoms with Crippen molar-refractivity contribution < 1.29 is 22.7 Å². The maximum atomic E-state index is 13.1. The Morgan fingerprint density at radius 2 is 1.68 bits per heavy atom. The largest absolute Gasteiger partial charge is 0.493 e. The molecule has 8 heteroatoms.